The van der Waals surface area contributed by atoms with Crippen LogP contribution >= 0.6 is 15.6 Å². The highest BCUT2D eigenvalue weighted by atomic mass is 31.3. The van der Waals surface area contributed by atoms with Gasteiger partial charge >= 0.3 is 15.6 Å². The highest BCUT2D eigenvalue weighted by molar-refractivity contribution is 7.60. The van der Waals surface area contributed by atoms with E-state index in [9.17, 15) is 14.0 Å². The van der Waals surface area contributed by atoms with Crippen LogP contribution in [0.5, 0.6) is 0 Å². The van der Waals surface area contributed by atoms with Gasteiger partial charge in [-0.15, -0.1) is 0 Å². The van der Waals surface area contributed by atoms with Gasteiger partial charge in [0.05, 0.1) is 6.61 Å². The van der Waals surface area contributed by atoms with E-state index >= 15 is 0 Å². The summed E-state index contributed by atoms with van der Waals surface area (Å²) in [5, 5.41) is 0. The molecule has 560 valence electrons. The first-order chi connectivity index (χ1) is 46.8. The van der Waals surface area contributed by atoms with Crippen LogP contribution in [0.2, 0.25) is 0 Å². The molecule has 1 atom stereocenters. The summed E-state index contributed by atoms with van der Waals surface area (Å²) in [6, 6.07) is 0. The number of phosphoric ester groups is 1. The molecule has 0 saturated heterocycles. The van der Waals surface area contributed by atoms with E-state index in [0.29, 0.717) is 0 Å². The monoisotopic (exact) mass is 1400 g/mol. The predicted molar refractivity (Wildman–Crippen MR) is 439 cm³/mol. The largest absolute Gasteiger partial charge is 0.481 e. The highest BCUT2D eigenvalue weighted by Crippen LogP contribution is 2.57. The van der Waals surface area contributed by atoms with Gasteiger partial charge in [-0.3, -0.25) is 4.52 Å². The second-order valence-corrected chi connectivity index (χ2v) is 32.5. The molecule has 1 unspecified atom stereocenters. The lowest BCUT2D eigenvalue weighted by atomic mass is 10.0. The molecule has 0 bridgehead atoms. The van der Waals surface area contributed by atoms with E-state index < -0.39 is 15.6 Å². The second kappa shape index (κ2) is 59.0. The Balaban J connectivity index is 4.37. The van der Waals surface area contributed by atoms with Gasteiger partial charge < -0.3 is 14.7 Å². The van der Waals surface area contributed by atoms with Gasteiger partial charge in [-0.2, -0.15) is 4.31 Å². The lowest BCUT2D eigenvalue weighted by molar-refractivity contribution is 0.191. The van der Waals surface area contributed by atoms with Crippen molar-refractivity contribution in [1.82, 2.24) is 0 Å². The summed E-state index contributed by atoms with van der Waals surface area (Å²) in [5.41, 5.74) is 26.3. The molecule has 0 aromatic carbocycles. The zero-order chi connectivity index (χ0) is 74.3. The quantitative estimate of drug-likeness (QED) is 0.0411. The van der Waals surface area contributed by atoms with E-state index in [1.54, 1.807) is 6.08 Å². The fourth-order valence-electron chi connectivity index (χ4n) is 11.5. The van der Waals surface area contributed by atoms with E-state index in [0.717, 1.165) is 198 Å². The number of hydrogen-bond donors (Lipinski definition) is 3. The van der Waals surface area contributed by atoms with Gasteiger partial charge in [0.15, 0.2) is 0 Å². The Morgan fingerprint density at radius 1 is 0.212 bits per heavy atom. The smallest absolute Gasteiger partial charge is 0.302 e. The third-order valence-corrected chi connectivity index (χ3v) is 20.6. The number of rotatable bonds is 56. The van der Waals surface area contributed by atoms with Crippen molar-refractivity contribution < 1.29 is 32.6 Å². The van der Waals surface area contributed by atoms with E-state index in [2.05, 4.69) is 237 Å². The minimum Gasteiger partial charge on any atom is -0.302 e. The van der Waals surface area contributed by atoms with Crippen molar-refractivity contribution in [2.24, 2.45) is 0 Å². The third kappa shape index (κ3) is 64.2. The van der Waals surface area contributed by atoms with Crippen molar-refractivity contribution in [3.05, 3.63) is 210 Å². The highest BCUT2D eigenvalue weighted by Gasteiger charge is 2.32. The second-order valence-electron chi connectivity index (χ2n) is 29.6. The molecule has 0 radical (unpaired) electrons. The van der Waals surface area contributed by atoms with Crippen molar-refractivity contribution in [3.63, 3.8) is 0 Å². The molecule has 0 fully saturated rings. The minimum absolute atomic E-state index is 0.276. The van der Waals surface area contributed by atoms with Gasteiger partial charge in [0.2, 0.25) is 0 Å². The molecule has 0 aliphatic rings. The van der Waals surface area contributed by atoms with Crippen LogP contribution in [0.25, 0.3) is 0 Å². The lowest BCUT2D eigenvalue weighted by Crippen LogP contribution is -1.94. The molecular weight excluding hydrogens is 1250 g/mol. The summed E-state index contributed by atoms with van der Waals surface area (Å²) >= 11 is 0. The van der Waals surface area contributed by atoms with Crippen molar-refractivity contribution in [1.29, 1.82) is 0 Å². The van der Waals surface area contributed by atoms with Crippen molar-refractivity contribution in [2.45, 2.75) is 350 Å². The summed E-state index contributed by atoms with van der Waals surface area (Å²) in [4.78, 5) is 26.8. The van der Waals surface area contributed by atoms with E-state index in [4.69, 9.17) is 9.79 Å². The van der Waals surface area contributed by atoms with Gasteiger partial charge in [0, 0.05) is 0 Å². The Labute approximate surface area is 611 Å². The molecule has 0 amide bonds. The van der Waals surface area contributed by atoms with E-state index in [-0.39, 0.29) is 6.61 Å². The van der Waals surface area contributed by atoms with E-state index in [1.807, 2.05) is 6.92 Å². The molecule has 0 rings (SSSR count). The van der Waals surface area contributed by atoms with Crippen molar-refractivity contribution in [2.75, 3.05) is 6.61 Å². The Hall–Kier alpha value is -4.42. The van der Waals surface area contributed by atoms with Crippen LogP contribution in [0.3, 0.4) is 0 Å². The maximum absolute atomic E-state index is 11.6. The first-order valence-electron chi connectivity index (χ1n) is 38.4. The average Bonchev–Trinajstić information content (AvgIpc) is 2.53. The van der Waals surface area contributed by atoms with Gasteiger partial charge in [-0.05, 0) is 350 Å². The molecule has 0 aliphatic heterocycles. The van der Waals surface area contributed by atoms with Crippen LogP contribution in [-0.4, -0.2) is 21.3 Å². The number of hydrogen-bond acceptors (Lipinski definition) is 4. The van der Waals surface area contributed by atoms with Gasteiger partial charge in [-0.25, -0.2) is 9.13 Å². The fraction of sp³-hybridized carbons (Fsp3) is 0.600. The molecular formula is C90H148O7P2. The Kier molecular flexibility index (Phi) is 56.4. The molecule has 0 aromatic rings. The van der Waals surface area contributed by atoms with Crippen molar-refractivity contribution >= 4 is 15.6 Å². The number of allylic oxidation sites excluding steroid dienone is 35. The zero-order valence-corrected chi connectivity index (χ0v) is 68.8. The summed E-state index contributed by atoms with van der Waals surface area (Å²) in [5.74, 6) is 0. The molecule has 0 aromatic heterocycles. The average molecular weight is 1400 g/mol. The maximum atomic E-state index is 11.6. The molecule has 0 heterocycles. The van der Waals surface area contributed by atoms with Crippen molar-refractivity contribution in [3.8, 4) is 0 Å². The molecule has 0 saturated carbocycles. The number of phosphoric acid groups is 2. The van der Waals surface area contributed by atoms with E-state index in [1.165, 1.54) is 120 Å². The molecule has 0 spiro atoms. The maximum Gasteiger partial charge on any atom is 0.481 e. The Morgan fingerprint density at radius 2 is 0.333 bits per heavy atom. The van der Waals surface area contributed by atoms with Gasteiger partial charge in [0.25, 0.3) is 0 Å². The lowest BCUT2D eigenvalue weighted by Gasteiger charge is -2.11. The van der Waals surface area contributed by atoms with Gasteiger partial charge in [0.1, 0.15) is 0 Å². The van der Waals surface area contributed by atoms with Crippen LogP contribution in [0.15, 0.2) is 210 Å². The molecule has 0 aliphatic carbocycles. The molecule has 7 nitrogen and oxygen atoms in total. The summed E-state index contributed by atoms with van der Waals surface area (Å²) < 4.78 is 30.8. The van der Waals surface area contributed by atoms with Gasteiger partial charge in [-0.1, -0.05) is 210 Å². The normalized spacial score (nSPS) is 15.8. The Morgan fingerprint density at radius 3 is 0.455 bits per heavy atom. The first-order valence-corrected chi connectivity index (χ1v) is 41.4. The van der Waals surface area contributed by atoms with Crippen LogP contribution in [0, 0.1) is 0 Å². The zero-order valence-electron chi connectivity index (χ0n) is 67.0. The summed E-state index contributed by atoms with van der Waals surface area (Å²) in [6.45, 7) is 42.5. The SMILES string of the molecule is CC(C)=CCC/C(C)=C/CC/C(C)=C/CC/C(C)=C/CC/C(C)=C/CC/C(C)=C/CC/C(C)=C/CC/C(C)=C/CC/C(C)=C/CC/C(C)=C/CC/C(C)=C/CC/C(C)=C/CC/C(C)=C/CC/C(C)=C/CC/C(C)=C/CC/C(C)=C/CC/C(C)=C/CC/C(C)=C/COP(=O)(O)OP(=O)(O)O. The fourth-order valence-corrected chi connectivity index (χ4v) is 13.0. The van der Waals surface area contributed by atoms with Crippen LogP contribution in [-0.2, 0) is 18.0 Å². The standard InChI is InChI=1S/C90H148O7P2/c1-73(2)37-20-38-74(3)39-21-40-75(4)41-22-42-76(5)43-23-44-77(6)45-24-46-78(7)47-25-48-79(8)49-26-50-80(9)51-27-52-81(10)53-28-54-82(11)55-29-56-83(12)57-30-58-84(13)59-31-60-85(14)61-32-62-86(15)63-33-64-87(16)65-34-66-88(17)67-35-68-89(18)69-36-70-90(19)71-72-96-99(94,95)97-98(91,92)93/h37,39,41,43,45,47,49,51,53,55,57,59,61,63,65,67,69,71H,20-36,38,40,42,44,46,48,50,52,54,56,58,60,62,64,66,68,70,72H2,1-19H3,(H,94,95)(H2,91,92,93)/b74-39+,75-41+,76-43+,77-45+,78-47+,79-49+,80-51+,81-53+,82-55+,83-57+,84-59+,85-61+,86-63+,87-65+,88-67+,89-69+,90-71+. The topological polar surface area (TPSA) is 113 Å². The minimum atomic E-state index is -5.12. The Bertz CT molecular complexity index is 3000. The third-order valence-electron chi connectivity index (χ3n) is 18.5. The molecule has 3 N–H and O–H groups in total. The molecule has 9 heteroatoms. The van der Waals surface area contributed by atoms with Crippen LogP contribution in [0.1, 0.15) is 350 Å². The first kappa shape index (κ1) is 94.6. The molecule has 99 heavy (non-hydrogen) atoms. The summed E-state index contributed by atoms with van der Waals surface area (Å²) in [6.07, 6.45) is 80.7. The summed E-state index contributed by atoms with van der Waals surface area (Å²) in [7, 11) is -9.94. The van der Waals surface area contributed by atoms with Crippen LogP contribution in [0.4, 0.5) is 0 Å². The van der Waals surface area contributed by atoms with Crippen LogP contribution < -0.4 is 0 Å². The predicted octanol–water partition coefficient (Wildman–Crippen LogP) is 30.5.